The van der Waals surface area contributed by atoms with Gasteiger partial charge in [0.25, 0.3) is 5.69 Å². The number of anilines is 1. The Morgan fingerprint density at radius 3 is 2.84 bits per heavy atom. The molecule has 1 heterocycles. The maximum absolute atomic E-state index is 11.4. The van der Waals surface area contributed by atoms with Crippen molar-refractivity contribution in [2.75, 3.05) is 24.6 Å². The van der Waals surface area contributed by atoms with Crippen LogP contribution in [0.4, 0.5) is 11.4 Å². The first-order valence-corrected chi connectivity index (χ1v) is 6.15. The number of Topliss-reactive ketones (excluding diaryl/α,β-unsaturated/α-hetero) is 1. The third kappa shape index (κ3) is 2.90. The quantitative estimate of drug-likeness (QED) is 0.474. The molecule has 0 radical (unpaired) electrons. The Morgan fingerprint density at radius 1 is 1.53 bits per heavy atom. The largest absolute Gasteiger partial charge is 0.375 e. The van der Waals surface area contributed by atoms with Crippen LogP contribution in [-0.4, -0.2) is 36.5 Å². The van der Waals surface area contributed by atoms with Crippen LogP contribution in [0.1, 0.15) is 24.2 Å². The number of nitrogens with zero attached hydrogens (tertiary/aromatic N) is 2. The zero-order chi connectivity index (χ0) is 14.0. The fourth-order valence-electron chi connectivity index (χ4n) is 2.22. The average molecular weight is 264 g/mol. The van der Waals surface area contributed by atoms with Gasteiger partial charge < -0.3 is 9.64 Å². The van der Waals surface area contributed by atoms with E-state index < -0.39 is 4.92 Å². The summed E-state index contributed by atoms with van der Waals surface area (Å²) in [5, 5.41) is 11.0. The number of morpholine rings is 1. The predicted molar refractivity (Wildman–Crippen MR) is 70.7 cm³/mol. The number of benzene rings is 1. The molecule has 1 aromatic carbocycles. The molecule has 0 amide bonds. The number of hydrogen-bond donors (Lipinski definition) is 0. The second-order valence-corrected chi connectivity index (χ2v) is 4.64. The number of nitro groups is 1. The number of carbonyl (C=O) groups is 1. The maximum atomic E-state index is 11.4. The highest BCUT2D eigenvalue weighted by Crippen LogP contribution is 2.27. The standard InChI is InChI=1S/C13H16N2O4/c1-9-8-14(5-6-19-9)11-3-4-12(10(2)16)13(7-11)15(17)18/h3-4,7,9H,5-6,8H2,1-2H3. The highest BCUT2D eigenvalue weighted by Gasteiger charge is 2.22. The second kappa shape index (κ2) is 5.36. The summed E-state index contributed by atoms with van der Waals surface area (Å²) in [5.74, 6) is -0.298. The van der Waals surface area contributed by atoms with Gasteiger partial charge in [0.05, 0.1) is 23.2 Å². The van der Waals surface area contributed by atoms with E-state index in [4.69, 9.17) is 4.74 Å². The summed E-state index contributed by atoms with van der Waals surface area (Å²) in [6.45, 7) is 5.28. The minimum atomic E-state index is -0.510. The number of rotatable bonds is 3. The van der Waals surface area contributed by atoms with Gasteiger partial charge in [-0.05, 0) is 26.0 Å². The Bertz CT molecular complexity index is 515. The van der Waals surface area contributed by atoms with Crippen LogP contribution >= 0.6 is 0 Å². The average Bonchev–Trinajstić information content (AvgIpc) is 2.37. The van der Waals surface area contributed by atoms with Gasteiger partial charge in [0.15, 0.2) is 5.78 Å². The molecule has 0 aliphatic carbocycles. The van der Waals surface area contributed by atoms with Crippen molar-refractivity contribution in [2.24, 2.45) is 0 Å². The molecule has 0 aromatic heterocycles. The van der Waals surface area contributed by atoms with Crippen molar-refractivity contribution < 1.29 is 14.5 Å². The van der Waals surface area contributed by atoms with E-state index in [0.29, 0.717) is 19.7 Å². The van der Waals surface area contributed by atoms with Crippen LogP contribution in [0, 0.1) is 10.1 Å². The van der Waals surface area contributed by atoms with Crippen LogP contribution in [-0.2, 0) is 4.74 Å². The molecule has 1 aromatic rings. The SMILES string of the molecule is CC(=O)c1ccc(N2CCOC(C)C2)cc1[N+](=O)[O-]. The van der Waals surface area contributed by atoms with Gasteiger partial charge in [-0.2, -0.15) is 0 Å². The van der Waals surface area contributed by atoms with Crippen molar-refractivity contribution in [1.82, 2.24) is 0 Å². The third-order valence-corrected chi connectivity index (χ3v) is 3.16. The number of hydrogen-bond acceptors (Lipinski definition) is 5. The van der Waals surface area contributed by atoms with Crippen molar-refractivity contribution in [3.05, 3.63) is 33.9 Å². The molecule has 1 atom stereocenters. The van der Waals surface area contributed by atoms with Crippen LogP contribution in [0.2, 0.25) is 0 Å². The van der Waals surface area contributed by atoms with Crippen molar-refractivity contribution in [2.45, 2.75) is 20.0 Å². The Morgan fingerprint density at radius 2 is 2.26 bits per heavy atom. The molecule has 1 aliphatic heterocycles. The lowest BCUT2D eigenvalue weighted by atomic mass is 10.1. The maximum Gasteiger partial charge on any atom is 0.282 e. The molecule has 19 heavy (non-hydrogen) atoms. The first-order chi connectivity index (χ1) is 8.99. The van der Waals surface area contributed by atoms with Gasteiger partial charge in [-0.15, -0.1) is 0 Å². The van der Waals surface area contributed by atoms with Crippen molar-refractivity contribution in [3.8, 4) is 0 Å². The summed E-state index contributed by atoms with van der Waals surface area (Å²) in [6.07, 6.45) is 0.0975. The molecule has 0 saturated carbocycles. The summed E-state index contributed by atoms with van der Waals surface area (Å²) in [5.41, 5.74) is 0.769. The summed E-state index contributed by atoms with van der Waals surface area (Å²) >= 11 is 0. The van der Waals surface area contributed by atoms with Gasteiger partial charge in [0.2, 0.25) is 0 Å². The number of ketones is 1. The normalized spacial score (nSPS) is 19.3. The minimum absolute atomic E-state index is 0.0975. The van der Waals surface area contributed by atoms with E-state index in [0.717, 1.165) is 5.69 Å². The van der Waals surface area contributed by atoms with Crippen molar-refractivity contribution in [1.29, 1.82) is 0 Å². The van der Waals surface area contributed by atoms with E-state index in [2.05, 4.69) is 0 Å². The van der Waals surface area contributed by atoms with Crippen molar-refractivity contribution >= 4 is 17.2 Å². The summed E-state index contributed by atoms with van der Waals surface area (Å²) in [7, 11) is 0. The minimum Gasteiger partial charge on any atom is -0.375 e. The lowest BCUT2D eigenvalue weighted by Crippen LogP contribution is -2.41. The van der Waals surface area contributed by atoms with Crippen LogP contribution in [0.25, 0.3) is 0 Å². The summed E-state index contributed by atoms with van der Waals surface area (Å²) in [4.78, 5) is 23.9. The predicted octanol–water partition coefficient (Wildman–Crippen LogP) is 2.02. The number of carbonyl (C=O) groups excluding carboxylic acids is 1. The summed E-state index contributed by atoms with van der Waals surface area (Å²) in [6, 6.07) is 4.74. The van der Waals surface area contributed by atoms with Gasteiger partial charge in [-0.25, -0.2) is 0 Å². The smallest absolute Gasteiger partial charge is 0.282 e. The van der Waals surface area contributed by atoms with Gasteiger partial charge in [-0.1, -0.05) is 0 Å². The lowest BCUT2D eigenvalue weighted by Gasteiger charge is -2.32. The van der Waals surface area contributed by atoms with Gasteiger partial charge in [0.1, 0.15) is 0 Å². The fourth-order valence-corrected chi connectivity index (χ4v) is 2.22. The molecule has 1 unspecified atom stereocenters. The molecule has 1 aliphatic rings. The van der Waals surface area contributed by atoms with E-state index in [9.17, 15) is 14.9 Å². The molecule has 1 saturated heterocycles. The third-order valence-electron chi connectivity index (χ3n) is 3.16. The van der Waals surface area contributed by atoms with E-state index in [-0.39, 0.29) is 23.1 Å². The highest BCUT2D eigenvalue weighted by atomic mass is 16.6. The zero-order valence-corrected chi connectivity index (χ0v) is 11.0. The van der Waals surface area contributed by atoms with Crippen LogP contribution < -0.4 is 4.90 Å². The fraction of sp³-hybridized carbons (Fsp3) is 0.462. The van der Waals surface area contributed by atoms with Crippen molar-refractivity contribution in [3.63, 3.8) is 0 Å². The topological polar surface area (TPSA) is 72.7 Å². The van der Waals surface area contributed by atoms with Gasteiger partial charge in [-0.3, -0.25) is 14.9 Å². The molecule has 1 fully saturated rings. The Balaban J connectivity index is 2.35. The van der Waals surface area contributed by atoms with E-state index in [1.165, 1.54) is 19.1 Å². The molecular formula is C13H16N2O4. The van der Waals surface area contributed by atoms with Gasteiger partial charge >= 0.3 is 0 Å². The first kappa shape index (κ1) is 13.5. The Hall–Kier alpha value is -1.95. The second-order valence-electron chi connectivity index (χ2n) is 4.64. The Kier molecular flexibility index (Phi) is 3.80. The zero-order valence-electron chi connectivity index (χ0n) is 11.0. The van der Waals surface area contributed by atoms with Crippen LogP contribution in [0.15, 0.2) is 18.2 Å². The Labute approximate surface area is 111 Å². The van der Waals surface area contributed by atoms with Gasteiger partial charge in [0, 0.05) is 24.8 Å². The van der Waals surface area contributed by atoms with E-state index in [1.54, 1.807) is 6.07 Å². The molecule has 0 N–H and O–H groups in total. The number of nitro benzene ring substituents is 1. The van der Waals surface area contributed by atoms with E-state index >= 15 is 0 Å². The molecular weight excluding hydrogens is 248 g/mol. The molecule has 6 nitrogen and oxygen atoms in total. The molecule has 6 heteroatoms. The number of ether oxygens (including phenoxy) is 1. The monoisotopic (exact) mass is 264 g/mol. The summed E-state index contributed by atoms with van der Waals surface area (Å²) < 4.78 is 5.44. The molecule has 2 rings (SSSR count). The van der Waals surface area contributed by atoms with Crippen LogP contribution in [0.5, 0.6) is 0 Å². The molecule has 0 spiro atoms. The first-order valence-electron chi connectivity index (χ1n) is 6.15. The van der Waals surface area contributed by atoms with E-state index in [1.807, 2.05) is 11.8 Å². The lowest BCUT2D eigenvalue weighted by molar-refractivity contribution is -0.385. The highest BCUT2D eigenvalue weighted by molar-refractivity contribution is 5.98. The molecule has 102 valence electrons. The molecule has 0 bridgehead atoms. The van der Waals surface area contributed by atoms with Crippen LogP contribution in [0.3, 0.4) is 0 Å².